The lowest BCUT2D eigenvalue weighted by Gasteiger charge is -2.04. The zero-order chi connectivity index (χ0) is 13.0. The fraction of sp³-hybridized carbons (Fsp3) is 0.100. The zero-order valence-electron chi connectivity index (χ0n) is 9.07. The predicted octanol–water partition coefficient (Wildman–Crippen LogP) is 1.60. The van der Waals surface area contributed by atoms with E-state index in [1.165, 1.54) is 11.8 Å². The van der Waals surface area contributed by atoms with Gasteiger partial charge in [0.2, 0.25) is 5.91 Å². The molecule has 0 atom stereocenters. The van der Waals surface area contributed by atoms with Gasteiger partial charge in [0.15, 0.2) is 5.17 Å². The highest BCUT2D eigenvalue weighted by Crippen LogP contribution is 2.13. The smallest absolute Gasteiger partial charge is 0.307 e. The van der Waals surface area contributed by atoms with Crippen LogP contribution >= 0.6 is 23.4 Å². The van der Waals surface area contributed by atoms with Crippen LogP contribution in [-0.2, 0) is 4.79 Å². The van der Waals surface area contributed by atoms with E-state index in [4.69, 9.17) is 11.6 Å². The molecule has 18 heavy (non-hydrogen) atoms. The molecule has 0 radical (unpaired) electrons. The molecule has 3 N–H and O–H groups in total. The highest BCUT2D eigenvalue weighted by atomic mass is 35.5. The Balaban J connectivity index is 1.85. The number of anilines is 1. The third kappa shape index (κ3) is 3.64. The number of hydrazone groups is 1. The van der Waals surface area contributed by atoms with Crippen LogP contribution in [0.4, 0.5) is 10.5 Å². The minimum absolute atomic E-state index is 0.126. The summed E-state index contributed by atoms with van der Waals surface area (Å²) in [6.45, 7) is 0. The number of carbonyl (C=O) groups excluding carboxylic acids is 2. The first-order valence-corrected chi connectivity index (χ1v) is 6.33. The Labute approximate surface area is 112 Å². The van der Waals surface area contributed by atoms with E-state index in [1.54, 1.807) is 24.3 Å². The van der Waals surface area contributed by atoms with Crippen LogP contribution < -0.4 is 16.1 Å². The molecule has 1 fully saturated rings. The van der Waals surface area contributed by atoms with Crippen LogP contribution in [0.2, 0.25) is 5.02 Å². The van der Waals surface area contributed by atoms with E-state index in [9.17, 15) is 9.59 Å². The second-order valence-corrected chi connectivity index (χ2v) is 4.73. The van der Waals surface area contributed by atoms with Crippen LogP contribution in [-0.4, -0.2) is 22.9 Å². The predicted molar refractivity (Wildman–Crippen MR) is 71.6 cm³/mol. The molecule has 0 spiro atoms. The summed E-state index contributed by atoms with van der Waals surface area (Å²) >= 11 is 6.95. The van der Waals surface area contributed by atoms with Gasteiger partial charge in [-0.25, -0.2) is 10.2 Å². The normalized spacial score (nSPS) is 16.5. The topological polar surface area (TPSA) is 82.6 Å². The Hall–Kier alpha value is -1.73. The van der Waals surface area contributed by atoms with E-state index < -0.39 is 6.03 Å². The van der Waals surface area contributed by atoms with E-state index in [-0.39, 0.29) is 5.91 Å². The van der Waals surface area contributed by atoms with Gasteiger partial charge in [0.25, 0.3) is 0 Å². The van der Waals surface area contributed by atoms with Crippen molar-refractivity contribution in [2.75, 3.05) is 11.1 Å². The molecule has 8 heteroatoms. The molecule has 1 aliphatic heterocycles. The molecule has 1 aromatic carbocycles. The van der Waals surface area contributed by atoms with E-state index in [1.807, 2.05) is 0 Å². The maximum atomic E-state index is 11.5. The molecule has 2 rings (SSSR count). The molecule has 6 nitrogen and oxygen atoms in total. The molecular weight excluding hydrogens is 276 g/mol. The first-order chi connectivity index (χ1) is 8.63. The highest BCUT2D eigenvalue weighted by molar-refractivity contribution is 8.15. The molecule has 0 aromatic heterocycles. The lowest BCUT2D eigenvalue weighted by Crippen LogP contribution is -2.28. The molecule has 0 saturated carbocycles. The van der Waals surface area contributed by atoms with E-state index in [0.717, 1.165) is 0 Å². The SMILES string of the molecule is O=C1CS/C(=N/NC(=O)Nc2ccc(Cl)cc2)N1. The molecule has 1 aliphatic rings. The van der Waals surface area contributed by atoms with Crippen molar-refractivity contribution in [3.05, 3.63) is 29.3 Å². The van der Waals surface area contributed by atoms with Crippen molar-refractivity contribution in [3.8, 4) is 0 Å². The molecular formula is C10H9ClN4O2S. The molecule has 1 aromatic rings. The number of benzene rings is 1. The van der Waals surface area contributed by atoms with Gasteiger partial charge >= 0.3 is 6.03 Å². The van der Waals surface area contributed by atoms with Gasteiger partial charge in [-0.3, -0.25) is 4.79 Å². The number of urea groups is 1. The maximum absolute atomic E-state index is 11.5. The minimum Gasteiger partial charge on any atom is -0.307 e. The van der Waals surface area contributed by atoms with Crippen molar-refractivity contribution in [1.82, 2.24) is 10.7 Å². The van der Waals surface area contributed by atoms with Crippen molar-refractivity contribution >= 4 is 46.2 Å². The van der Waals surface area contributed by atoms with Crippen molar-refractivity contribution in [3.63, 3.8) is 0 Å². The van der Waals surface area contributed by atoms with Crippen LogP contribution in [0.3, 0.4) is 0 Å². The molecule has 0 aliphatic carbocycles. The van der Waals surface area contributed by atoms with Crippen molar-refractivity contribution in [2.45, 2.75) is 0 Å². The monoisotopic (exact) mass is 284 g/mol. The molecule has 1 saturated heterocycles. The molecule has 94 valence electrons. The number of thioether (sulfide) groups is 1. The fourth-order valence-corrected chi connectivity index (χ4v) is 1.94. The van der Waals surface area contributed by atoms with Gasteiger partial charge in [0, 0.05) is 10.7 Å². The Kier molecular flexibility index (Phi) is 4.06. The number of amides is 3. The van der Waals surface area contributed by atoms with Crippen molar-refractivity contribution in [1.29, 1.82) is 0 Å². The Morgan fingerprint density at radius 1 is 1.39 bits per heavy atom. The summed E-state index contributed by atoms with van der Waals surface area (Å²) in [5.41, 5.74) is 2.88. The van der Waals surface area contributed by atoms with Crippen molar-refractivity contribution in [2.24, 2.45) is 5.10 Å². The first-order valence-electron chi connectivity index (χ1n) is 4.96. The Morgan fingerprint density at radius 3 is 2.72 bits per heavy atom. The number of halogens is 1. The average molecular weight is 285 g/mol. The second-order valence-electron chi connectivity index (χ2n) is 3.33. The largest absolute Gasteiger partial charge is 0.339 e. The highest BCUT2D eigenvalue weighted by Gasteiger charge is 2.16. The summed E-state index contributed by atoms with van der Waals surface area (Å²) in [4.78, 5) is 22.3. The molecule has 3 amide bonds. The Morgan fingerprint density at radius 2 is 2.11 bits per heavy atom. The van der Waals surface area contributed by atoms with Gasteiger partial charge in [0.05, 0.1) is 5.75 Å². The van der Waals surface area contributed by atoms with Crippen LogP contribution in [0.1, 0.15) is 0 Å². The van der Waals surface area contributed by atoms with Gasteiger partial charge in [-0.1, -0.05) is 23.4 Å². The maximum Gasteiger partial charge on any atom is 0.339 e. The summed E-state index contributed by atoms with van der Waals surface area (Å²) < 4.78 is 0. The van der Waals surface area contributed by atoms with E-state index in [2.05, 4.69) is 21.2 Å². The summed E-state index contributed by atoms with van der Waals surface area (Å²) in [5, 5.41) is 9.78. The number of hydrogen-bond acceptors (Lipinski definition) is 4. The van der Waals surface area contributed by atoms with Crippen molar-refractivity contribution < 1.29 is 9.59 Å². The lowest BCUT2D eigenvalue weighted by molar-refractivity contribution is -0.116. The Bertz CT molecular complexity index is 503. The fourth-order valence-electron chi connectivity index (χ4n) is 1.18. The lowest BCUT2D eigenvalue weighted by atomic mass is 10.3. The number of nitrogens with zero attached hydrogens (tertiary/aromatic N) is 1. The number of nitrogens with one attached hydrogen (secondary N) is 3. The quantitative estimate of drug-likeness (QED) is 0.721. The van der Waals surface area contributed by atoms with Gasteiger partial charge in [-0.05, 0) is 24.3 Å². The third-order valence-corrected chi connectivity index (χ3v) is 3.07. The minimum atomic E-state index is -0.494. The van der Waals surface area contributed by atoms with Crippen LogP contribution in [0, 0.1) is 0 Å². The summed E-state index contributed by atoms with van der Waals surface area (Å²) in [7, 11) is 0. The number of carbonyl (C=O) groups is 2. The van der Waals surface area contributed by atoms with Gasteiger partial charge in [0.1, 0.15) is 0 Å². The first kappa shape index (κ1) is 12.7. The number of hydrogen-bond donors (Lipinski definition) is 3. The molecule has 0 bridgehead atoms. The standard InChI is InChI=1S/C10H9ClN4O2S/c11-6-1-3-7(4-2-6)12-9(17)14-15-10-13-8(16)5-18-10/h1-4H,5H2,(H2,12,14,17)(H,13,15,16). The average Bonchev–Trinajstić information content (AvgIpc) is 2.76. The summed E-state index contributed by atoms with van der Waals surface area (Å²) in [6, 6.07) is 6.17. The van der Waals surface area contributed by atoms with Crippen LogP contribution in [0.15, 0.2) is 29.4 Å². The molecule has 1 heterocycles. The summed E-state index contributed by atoms with van der Waals surface area (Å²) in [5.74, 6) is 0.193. The van der Waals surface area contributed by atoms with Crippen LogP contribution in [0.25, 0.3) is 0 Å². The molecule has 0 unspecified atom stereocenters. The van der Waals surface area contributed by atoms with Crippen LogP contribution in [0.5, 0.6) is 0 Å². The van der Waals surface area contributed by atoms with Gasteiger partial charge < -0.3 is 10.6 Å². The third-order valence-electron chi connectivity index (χ3n) is 1.95. The number of amidine groups is 1. The van der Waals surface area contributed by atoms with Gasteiger partial charge in [-0.2, -0.15) is 0 Å². The summed E-state index contributed by atoms with van der Waals surface area (Å²) in [6.07, 6.45) is 0. The second kappa shape index (κ2) is 5.74. The van der Waals surface area contributed by atoms with E-state index in [0.29, 0.717) is 21.6 Å². The number of rotatable bonds is 2. The van der Waals surface area contributed by atoms with E-state index >= 15 is 0 Å². The zero-order valence-corrected chi connectivity index (χ0v) is 10.6. The van der Waals surface area contributed by atoms with Gasteiger partial charge in [-0.15, -0.1) is 5.10 Å².